The molecule has 278 valence electrons. The average Bonchev–Trinajstić information content (AvgIpc) is 3.48. The first-order chi connectivity index (χ1) is 25.7. The van der Waals surface area contributed by atoms with Gasteiger partial charge in [-0.25, -0.2) is 0 Å². The summed E-state index contributed by atoms with van der Waals surface area (Å²) in [6.07, 6.45) is 0.746. The fourth-order valence-electron chi connectivity index (χ4n) is 7.34. The summed E-state index contributed by atoms with van der Waals surface area (Å²) in [6.45, 7) is 6.06. The number of amides is 2. The lowest BCUT2D eigenvalue weighted by molar-refractivity contribution is 0.0193. The molecule has 12 heteroatoms. The number of benzene rings is 4. The second-order valence-corrected chi connectivity index (χ2v) is 13.8. The van der Waals surface area contributed by atoms with Gasteiger partial charge in [-0.05, 0) is 91.2 Å². The van der Waals surface area contributed by atoms with Gasteiger partial charge in [0.25, 0.3) is 11.8 Å². The molecule has 0 spiro atoms. The third-order valence-corrected chi connectivity index (χ3v) is 10.6. The minimum absolute atomic E-state index is 0. The maximum absolute atomic E-state index is 14.8. The van der Waals surface area contributed by atoms with Crippen molar-refractivity contribution in [2.24, 2.45) is 7.05 Å². The fraction of sp³-hybridized carbons (Fsp3) is 0.262. The summed E-state index contributed by atoms with van der Waals surface area (Å²) in [5.74, 6) is -0.0364. The molecule has 7 rings (SSSR count). The number of phenolic OH excluding ortho intramolecular Hbond substituents is 1. The fourth-order valence-corrected chi connectivity index (χ4v) is 7.51. The predicted octanol–water partition coefficient (Wildman–Crippen LogP) is 7.54. The highest BCUT2D eigenvalue weighted by atomic mass is 35.5. The number of carbonyl (C=O) groups excluding carboxylic acids is 2. The minimum Gasteiger partial charge on any atom is -0.508 e. The molecule has 1 fully saturated rings. The summed E-state index contributed by atoms with van der Waals surface area (Å²) >= 11 is 6.63. The Morgan fingerprint density at radius 1 is 0.963 bits per heavy atom. The molecular formula is C42H41Cl2N5O5. The maximum atomic E-state index is 14.8. The van der Waals surface area contributed by atoms with Crippen LogP contribution in [0, 0.1) is 18.3 Å². The smallest absolute Gasteiger partial charge is 0.264 e. The highest BCUT2D eigenvalue weighted by Gasteiger charge is 2.34. The van der Waals surface area contributed by atoms with E-state index in [9.17, 15) is 20.0 Å². The van der Waals surface area contributed by atoms with Crippen LogP contribution in [0.25, 0.3) is 11.3 Å². The number of aromatic nitrogens is 1. The number of ether oxygens (including phenoxy) is 2. The van der Waals surface area contributed by atoms with Crippen molar-refractivity contribution in [3.63, 3.8) is 0 Å². The molecule has 5 aromatic rings. The van der Waals surface area contributed by atoms with Crippen molar-refractivity contribution in [1.82, 2.24) is 14.4 Å². The lowest BCUT2D eigenvalue weighted by atomic mass is 9.92. The highest BCUT2D eigenvalue weighted by Crippen LogP contribution is 2.37. The molecule has 0 radical (unpaired) electrons. The molecule has 3 heterocycles. The molecule has 1 atom stereocenters. The van der Waals surface area contributed by atoms with Gasteiger partial charge in [-0.2, -0.15) is 5.26 Å². The number of carbonyl (C=O) groups is 2. The number of aromatic hydroxyl groups is 1. The quantitative estimate of drug-likeness (QED) is 0.174. The van der Waals surface area contributed by atoms with Gasteiger partial charge >= 0.3 is 0 Å². The second kappa shape index (κ2) is 16.4. The van der Waals surface area contributed by atoms with Crippen LogP contribution in [0.4, 0.5) is 11.4 Å². The number of hydrogen-bond donors (Lipinski definition) is 1. The molecular weight excluding hydrogens is 725 g/mol. The monoisotopic (exact) mass is 765 g/mol. The van der Waals surface area contributed by atoms with Crippen molar-refractivity contribution in [1.29, 1.82) is 5.26 Å². The zero-order chi connectivity index (χ0) is 37.2. The van der Waals surface area contributed by atoms with Crippen LogP contribution in [0.3, 0.4) is 0 Å². The molecule has 1 N–H and O–H groups in total. The molecule has 4 aromatic carbocycles. The first-order valence-corrected chi connectivity index (χ1v) is 17.9. The topological polar surface area (TPSA) is 111 Å². The SMILES string of the molecule is COc1ccc(N(C(=O)c2cc(-c3cc(Cl)ccc3C(=O)N3Cc4ccccc4C[C@H]3CN3CCOCC3)n(C)c2C)c2ccc(O)cc2)cc1C#N.Cl. The number of morpholine rings is 1. The van der Waals surface area contributed by atoms with E-state index in [0.717, 1.165) is 31.6 Å². The van der Waals surface area contributed by atoms with Crippen molar-refractivity contribution in [2.45, 2.75) is 25.9 Å². The minimum atomic E-state index is -0.364. The van der Waals surface area contributed by atoms with Crippen LogP contribution in [0.5, 0.6) is 11.5 Å². The molecule has 0 unspecified atom stereocenters. The van der Waals surface area contributed by atoms with Crippen molar-refractivity contribution >= 4 is 47.2 Å². The Labute approximate surface area is 326 Å². The van der Waals surface area contributed by atoms with Gasteiger partial charge in [0.05, 0.1) is 37.1 Å². The summed E-state index contributed by atoms with van der Waals surface area (Å²) in [4.78, 5) is 35.4. The number of anilines is 2. The number of hydrogen-bond acceptors (Lipinski definition) is 7. The van der Waals surface area contributed by atoms with Gasteiger partial charge < -0.3 is 24.0 Å². The van der Waals surface area contributed by atoms with E-state index < -0.39 is 0 Å². The van der Waals surface area contributed by atoms with Crippen LogP contribution in [0.1, 0.15) is 43.1 Å². The van der Waals surface area contributed by atoms with Gasteiger partial charge in [-0.1, -0.05) is 35.9 Å². The molecule has 0 aliphatic carbocycles. The van der Waals surface area contributed by atoms with E-state index in [4.69, 9.17) is 21.1 Å². The Morgan fingerprint density at radius 2 is 1.67 bits per heavy atom. The van der Waals surface area contributed by atoms with Crippen LogP contribution in [-0.2, 0) is 24.8 Å². The van der Waals surface area contributed by atoms with E-state index in [1.165, 1.54) is 29.7 Å². The van der Waals surface area contributed by atoms with Gasteiger partial charge in [0.1, 0.15) is 17.6 Å². The number of methoxy groups -OCH3 is 1. The first-order valence-electron chi connectivity index (χ1n) is 17.5. The van der Waals surface area contributed by atoms with Gasteiger partial charge in [0, 0.05) is 72.5 Å². The third kappa shape index (κ3) is 7.54. The van der Waals surface area contributed by atoms with E-state index in [2.05, 4.69) is 29.2 Å². The number of fused-ring (bicyclic) bond motifs is 1. The van der Waals surface area contributed by atoms with Crippen LogP contribution >= 0.6 is 24.0 Å². The molecule has 2 aliphatic rings. The summed E-state index contributed by atoms with van der Waals surface area (Å²) in [6, 6.07) is 28.7. The van der Waals surface area contributed by atoms with Gasteiger partial charge in [-0.3, -0.25) is 19.4 Å². The van der Waals surface area contributed by atoms with Crippen LogP contribution in [0.15, 0.2) is 91.0 Å². The zero-order valence-corrected chi connectivity index (χ0v) is 31.9. The lowest BCUT2D eigenvalue weighted by Gasteiger charge is -2.40. The molecule has 1 saturated heterocycles. The van der Waals surface area contributed by atoms with Crippen molar-refractivity contribution in [2.75, 3.05) is 44.9 Å². The summed E-state index contributed by atoms with van der Waals surface area (Å²) in [5, 5.41) is 20.4. The standard InChI is InChI=1S/C42H40ClN5O5.ClH/c1-27-37(42(51)48(32-9-12-35(49)13-10-32)33-11-15-40(52-3)30(21-33)24-44)23-39(45(27)2)38-22-31(43)8-14-36(38)41(50)47-25-29-7-5-4-6-28(29)20-34(47)26-46-16-18-53-19-17-46;/h4-15,21-23,34,49H,16-20,25-26H2,1-3H3;1H/t34-;/m0./s1. The molecule has 1 aromatic heterocycles. The van der Waals surface area contributed by atoms with Crippen molar-refractivity contribution in [3.05, 3.63) is 130 Å². The highest BCUT2D eigenvalue weighted by molar-refractivity contribution is 6.31. The first kappa shape index (κ1) is 38.4. The number of phenols is 1. The van der Waals surface area contributed by atoms with Crippen LogP contribution in [0.2, 0.25) is 5.02 Å². The Morgan fingerprint density at radius 3 is 2.37 bits per heavy atom. The number of nitriles is 1. The van der Waals surface area contributed by atoms with Gasteiger partial charge in [0.2, 0.25) is 0 Å². The average molecular weight is 767 g/mol. The van der Waals surface area contributed by atoms with Crippen LogP contribution < -0.4 is 9.64 Å². The van der Waals surface area contributed by atoms with Gasteiger partial charge in [-0.15, -0.1) is 12.4 Å². The van der Waals surface area contributed by atoms with Gasteiger partial charge in [0.15, 0.2) is 0 Å². The zero-order valence-electron chi connectivity index (χ0n) is 30.3. The normalized spacial score (nSPS) is 15.5. The van der Waals surface area contributed by atoms with E-state index in [1.807, 2.05) is 29.5 Å². The predicted molar refractivity (Wildman–Crippen MR) is 211 cm³/mol. The molecule has 54 heavy (non-hydrogen) atoms. The third-order valence-electron chi connectivity index (χ3n) is 10.3. The number of rotatable bonds is 8. The van der Waals surface area contributed by atoms with Crippen LogP contribution in [-0.4, -0.2) is 77.3 Å². The summed E-state index contributed by atoms with van der Waals surface area (Å²) < 4.78 is 12.9. The largest absolute Gasteiger partial charge is 0.508 e. The Bertz CT molecular complexity index is 2230. The van der Waals surface area contributed by atoms with Crippen molar-refractivity contribution < 1.29 is 24.2 Å². The van der Waals surface area contributed by atoms with E-state index in [1.54, 1.807) is 54.6 Å². The molecule has 0 bridgehead atoms. The summed E-state index contributed by atoms with van der Waals surface area (Å²) in [7, 11) is 3.35. The Kier molecular flexibility index (Phi) is 11.6. The molecule has 2 aliphatic heterocycles. The Hall–Kier alpha value is -5.31. The van der Waals surface area contributed by atoms with E-state index in [-0.39, 0.29) is 41.6 Å². The summed E-state index contributed by atoms with van der Waals surface area (Å²) in [5.41, 5.74) is 6.39. The van der Waals surface area contributed by atoms with E-state index in [0.29, 0.717) is 70.0 Å². The number of nitrogens with zero attached hydrogens (tertiary/aromatic N) is 5. The lowest BCUT2D eigenvalue weighted by Crippen LogP contribution is -2.52. The second-order valence-electron chi connectivity index (χ2n) is 13.4. The van der Waals surface area contributed by atoms with E-state index >= 15 is 0 Å². The number of halogens is 2. The molecule has 2 amide bonds. The molecule has 10 nitrogen and oxygen atoms in total. The maximum Gasteiger partial charge on any atom is 0.264 e. The Balaban J connectivity index is 0.00000497. The molecule has 0 saturated carbocycles. The van der Waals surface area contributed by atoms with Crippen molar-refractivity contribution in [3.8, 4) is 28.8 Å².